The summed E-state index contributed by atoms with van der Waals surface area (Å²) in [6.45, 7) is -0.709. The summed E-state index contributed by atoms with van der Waals surface area (Å²) < 4.78 is 5.30. The van der Waals surface area contributed by atoms with Crippen LogP contribution >= 0.6 is 31.9 Å². The molecular weight excluding hydrogens is 748 g/mol. The first-order valence-corrected chi connectivity index (χ1v) is 16.0. The third kappa shape index (κ3) is 5.71. The number of amides is 3. The van der Waals surface area contributed by atoms with E-state index in [-0.39, 0.29) is 55.3 Å². The van der Waals surface area contributed by atoms with E-state index in [0.29, 0.717) is 6.42 Å². The van der Waals surface area contributed by atoms with Crippen LogP contribution in [-0.2, 0) is 9.59 Å². The highest BCUT2D eigenvalue weighted by Crippen LogP contribution is 2.60. The van der Waals surface area contributed by atoms with Crippen molar-refractivity contribution in [3.63, 3.8) is 0 Å². The summed E-state index contributed by atoms with van der Waals surface area (Å²) in [5.41, 5.74) is -0.411. The van der Waals surface area contributed by atoms with Crippen molar-refractivity contribution in [3.05, 3.63) is 110 Å². The highest BCUT2D eigenvalue weighted by molar-refractivity contribution is 9.12. The lowest BCUT2D eigenvalue weighted by molar-refractivity contribution is -0.385. The van der Waals surface area contributed by atoms with Crippen LogP contribution < -0.4 is 4.74 Å². The van der Waals surface area contributed by atoms with E-state index in [0.717, 1.165) is 34.3 Å². The molecule has 0 N–H and O–H groups in total. The summed E-state index contributed by atoms with van der Waals surface area (Å²) in [7, 11) is 0. The summed E-state index contributed by atoms with van der Waals surface area (Å²) in [6, 6.07) is 14.7. The summed E-state index contributed by atoms with van der Waals surface area (Å²) >= 11 is 7.25. The molecule has 1 saturated heterocycles. The second-order valence-corrected chi connectivity index (χ2v) is 13.4. The average Bonchev–Trinajstić information content (AvgIpc) is 3.68. The zero-order valence-corrected chi connectivity index (χ0v) is 27.1. The van der Waals surface area contributed by atoms with Gasteiger partial charge in [-0.3, -0.25) is 39.4 Å². The molecule has 14 nitrogen and oxygen atoms in total. The molecule has 3 fully saturated rings. The normalized spacial score (nSPS) is 24.2. The fourth-order valence-corrected chi connectivity index (χ4v) is 8.37. The highest BCUT2D eigenvalue weighted by atomic mass is 79.9. The molecule has 240 valence electrons. The van der Waals surface area contributed by atoms with Crippen LogP contribution in [0, 0.1) is 43.9 Å². The first-order valence-electron chi connectivity index (χ1n) is 14.2. The maximum absolute atomic E-state index is 13.8. The number of imide groups is 1. The number of non-ortho nitro benzene ring substituents is 2. The molecule has 0 radical (unpaired) electrons. The molecule has 3 aromatic rings. The van der Waals surface area contributed by atoms with Crippen molar-refractivity contribution in [2.24, 2.45) is 23.7 Å². The Labute approximate surface area is 282 Å². The number of hydrazine groups is 1. The van der Waals surface area contributed by atoms with E-state index < -0.39 is 57.7 Å². The minimum absolute atomic E-state index is 0.0565. The van der Waals surface area contributed by atoms with Gasteiger partial charge in [-0.15, -0.1) is 0 Å². The zero-order valence-electron chi connectivity index (χ0n) is 23.9. The third-order valence-corrected chi connectivity index (χ3v) is 12.0. The van der Waals surface area contributed by atoms with Crippen LogP contribution in [0.2, 0.25) is 0 Å². The zero-order chi connectivity index (χ0) is 33.7. The molecule has 47 heavy (non-hydrogen) atoms. The molecule has 3 amide bonds. The number of nitro groups is 2. The molecule has 6 rings (SSSR count). The number of hydrogen-bond donors (Lipinski definition) is 0. The summed E-state index contributed by atoms with van der Waals surface area (Å²) in [6.07, 6.45) is 0.656. The van der Waals surface area contributed by atoms with Crippen LogP contribution in [0.3, 0.4) is 0 Å². The number of rotatable bonds is 9. The van der Waals surface area contributed by atoms with E-state index in [1.165, 1.54) is 48.5 Å². The minimum atomic E-state index is -0.873. The van der Waals surface area contributed by atoms with Gasteiger partial charge in [0.2, 0.25) is 0 Å². The van der Waals surface area contributed by atoms with E-state index in [9.17, 15) is 44.2 Å². The van der Waals surface area contributed by atoms with E-state index in [1.807, 2.05) is 0 Å². The average molecular weight is 770 g/mol. The second kappa shape index (κ2) is 12.4. The molecular formula is C31H22Br2N4O10. The predicted octanol–water partition coefficient (Wildman–Crippen LogP) is 4.74. The fraction of sp³-hybridized carbons (Fsp3) is 0.258. The molecule has 2 saturated carbocycles. The van der Waals surface area contributed by atoms with Crippen molar-refractivity contribution in [2.45, 2.75) is 16.1 Å². The highest BCUT2D eigenvalue weighted by Gasteiger charge is 2.67. The monoisotopic (exact) mass is 768 g/mol. The van der Waals surface area contributed by atoms with Gasteiger partial charge in [-0.25, -0.2) is 9.80 Å². The molecule has 1 aliphatic heterocycles. The second-order valence-electron chi connectivity index (χ2n) is 11.3. The Hall–Kier alpha value is -4.83. The number of nitrogens with zero attached hydrogens (tertiary/aromatic N) is 4. The first-order chi connectivity index (χ1) is 22.4. The van der Waals surface area contributed by atoms with Crippen LogP contribution in [-0.4, -0.2) is 65.5 Å². The SMILES string of the molecule is O=C(CN(C(=O)c1ccc([N+](=O)[O-])cc1)N1C(=O)[C@@H]2[C@H]3C[C@@H]([C@@H](Br)[C@H]3Br)[C@H]2C1=O)c1ccc(OC(=O)c2ccc([N+](=O)[O-])cc2)cc1. The molecule has 2 aliphatic carbocycles. The number of benzene rings is 3. The van der Waals surface area contributed by atoms with Crippen molar-refractivity contribution in [1.29, 1.82) is 0 Å². The number of hydrogen-bond acceptors (Lipinski definition) is 10. The van der Waals surface area contributed by atoms with Gasteiger partial charge in [0, 0.05) is 45.0 Å². The predicted molar refractivity (Wildman–Crippen MR) is 169 cm³/mol. The van der Waals surface area contributed by atoms with Crippen molar-refractivity contribution in [3.8, 4) is 5.75 Å². The number of halogens is 2. The van der Waals surface area contributed by atoms with Gasteiger partial charge in [-0.1, -0.05) is 31.9 Å². The largest absolute Gasteiger partial charge is 0.423 e. The summed E-state index contributed by atoms with van der Waals surface area (Å²) in [5, 5.41) is 23.5. The molecule has 3 aliphatic rings. The van der Waals surface area contributed by atoms with Crippen molar-refractivity contribution >= 4 is 72.7 Å². The maximum atomic E-state index is 13.8. The Morgan fingerprint density at radius 1 is 0.745 bits per heavy atom. The maximum Gasteiger partial charge on any atom is 0.343 e. The quantitative estimate of drug-likeness (QED) is 0.0560. The van der Waals surface area contributed by atoms with Crippen LogP contribution in [0.15, 0.2) is 72.8 Å². The van der Waals surface area contributed by atoms with Gasteiger partial charge in [0.15, 0.2) is 5.78 Å². The van der Waals surface area contributed by atoms with Gasteiger partial charge in [0.25, 0.3) is 29.1 Å². The summed E-state index contributed by atoms with van der Waals surface area (Å²) in [5.74, 6) is -5.07. The van der Waals surface area contributed by atoms with Crippen LogP contribution in [0.25, 0.3) is 0 Å². The number of esters is 1. The molecule has 3 aromatic carbocycles. The molecule has 0 unspecified atom stereocenters. The Kier molecular flexibility index (Phi) is 8.48. The smallest absolute Gasteiger partial charge is 0.343 e. The Morgan fingerprint density at radius 3 is 1.66 bits per heavy atom. The van der Waals surface area contributed by atoms with Gasteiger partial charge >= 0.3 is 5.97 Å². The van der Waals surface area contributed by atoms with E-state index >= 15 is 0 Å². The van der Waals surface area contributed by atoms with Crippen molar-refractivity contribution < 1.29 is 38.6 Å². The van der Waals surface area contributed by atoms with Gasteiger partial charge in [0.1, 0.15) is 12.3 Å². The van der Waals surface area contributed by atoms with E-state index in [2.05, 4.69) is 31.9 Å². The Bertz CT molecular complexity index is 1800. The number of ketones is 1. The fourth-order valence-electron chi connectivity index (χ4n) is 6.50. The third-order valence-electron chi connectivity index (χ3n) is 8.76. The number of carbonyl (C=O) groups is 5. The number of nitro benzene ring substituents is 2. The van der Waals surface area contributed by atoms with Crippen LogP contribution in [0.5, 0.6) is 5.75 Å². The molecule has 2 bridgehead atoms. The molecule has 0 spiro atoms. The van der Waals surface area contributed by atoms with Gasteiger partial charge in [-0.2, -0.15) is 5.01 Å². The number of carbonyl (C=O) groups excluding carboxylic acids is 5. The van der Waals surface area contributed by atoms with E-state index in [4.69, 9.17) is 4.74 Å². The molecule has 1 heterocycles. The molecule has 0 aromatic heterocycles. The van der Waals surface area contributed by atoms with Gasteiger partial charge in [-0.05, 0) is 66.8 Å². The van der Waals surface area contributed by atoms with Crippen molar-refractivity contribution in [2.75, 3.05) is 6.54 Å². The van der Waals surface area contributed by atoms with Gasteiger partial charge in [0.05, 0.1) is 27.2 Å². The molecule has 6 atom stereocenters. The Balaban J connectivity index is 1.23. The lowest BCUT2D eigenvalue weighted by Gasteiger charge is -2.30. The lowest BCUT2D eigenvalue weighted by atomic mass is 9.81. The van der Waals surface area contributed by atoms with Crippen LogP contribution in [0.1, 0.15) is 37.5 Å². The Morgan fingerprint density at radius 2 is 1.19 bits per heavy atom. The number of ether oxygens (including phenoxy) is 1. The topological polar surface area (TPSA) is 187 Å². The van der Waals surface area contributed by atoms with Crippen molar-refractivity contribution in [1.82, 2.24) is 10.0 Å². The number of Topliss-reactive ketones (excluding diaryl/α,β-unsaturated/α-hetero) is 1. The minimum Gasteiger partial charge on any atom is -0.423 e. The van der Waals surface area contributed by atoms with E-state index in [1.54, 1.807) is 0 Å². The number of alkyl halides is 2. The first kappa shape index (κ1) is 32.1. The van der Waals surface area contributed by atoms with Gasteiger partial charge < -0.3 is 4.74 Å². The summed E-state index contributed by atoms with van der Waals surface area (Å²) in [4.78, 5) is 88.1. The number of fused-ring (bicyclic) bond motifs is 5. The molecule has 16 heteroatoms. The van der Waals surface area contributed by atoms with Crippen LogP contribution in [0.4, 0.5) is 11.4 Å². The lowest BCUT2D eigenvalue weighted by Crippen LogP contribution is -2.52. The standard InChI is InChI=1S/C31H22Br2N4O10/c32-26-21-13-22(27(26)33)25-24(21)29(40)35(30(25)41)34(28(39)16-1-7-18(8-2-16)36(43)44)14-23(38)15-5-11-20(12-6-15)47-31(42)17-3-9-19(10-4-17)37(45)46/h1-12,21-22,24-27H,13-14H2/t21-,22-,24-,25-,26-,27+/m1/s1.